The van der Waals surface area contributed by atoms with Crippen molar-refractivity contribution >= 4 is 17.7 Å². The molecule has 1 atom stereocenters. The fourth-order valence-corrected chi connectivity index (χ4v) is 4.81. The molecule has 1 fully saturated rings. The number of hydrogen-bond donors (Lipinski definition) is 0. The molecule has 154 valence electrons. The van der Waals surface area contributed by atoms with Gasteiger partial charge in [0, 0.05) is 24.9 Å². The lowest BCUT2D eigenvalue weighted by atomic mass is 10.1. The van der Waals surface area contributed by atoms with Gasteiger partial charge in [-0.2, -0.15) is 0 Å². The van der Waals surface area contributed by atoms with Gasteiger partial charge in [0.1, 0.15) is 0 Å². The molecule has 0 aliphatic carbocycles. The summed E-state index contributed by atoms with van der Waals surface area (Å²) in [6, 6.07) is 15.6. The molecule has 2 aromatic carbocycles. The number of nitrogens with zero attached hydrogens (tertiary/aromatic N) is 4. The summed E-state index contributed by atoms with van der Waals surface area (Å²) < 4.78 is 12.8. The average molecular weight is 423 g/mol. The van der Waals surface area contributed by atoms with Gasteiger partial charge in [0.05, 0.1) is 6.04 Å². The molecule has 7 nitrogen and oxygen atoms in total. The van der Waals surface area contributed by atoms with E-state index in [0.717, 1.165) is 29.6 Å². The molecule has 2 aliphatic heterocycles. The molecule has 0 spiro atoms. The molecular formula is C22H22N4O3S. The number of likely N-dealkylation sites (tertiary alicyclic amines) is 1. The van der Waals surface area contributed by atoms with Gasteiger partial charge in [0.2, 0.25) is 6.79 Å². The van der Waals surface area contributed by atoms with Gasteiger partial charge in [-0.25, -0.2) is 0 Å². The average Bonchev–Trinajstić information content (AvgIpc) is 3.51. The van der Waals surface area contributed by atoms with Crippen LogP contribution in [-0.2, 0) is 12.8 Å². The Bertz CT molecular complexity index is 1070. The van der Waals surface area contributed by atoms with Gasteiger partial charge < -0.3 is 18.9 Å². The summed E-state index contributed by atoms with van der Waals surface area (Å²) in [6.45, 7) is 0.902. The van der Waals surface area contributed by atoms with Crippen molar-refractivity contribution in [1.29, 1.82) is 0 Å². The summed E-state index contributed by atoms with van der Waals surface area (Å²) in [5.74, 6) is 2.94. The Morgan fingerprint density at radius 2 is 1.97 bits per heavy atom. The van der Waals surface area contributed by atoms with Gasteiger partial charge in [-0.3, -0.25) is 4.79 Å². The Labute approximate surface area is 179 Å². The van der Waals surface area contributed by atoms with Crippen LogP contribution in [-0.4, -0.2) is 38.9 Å². The predicted octanol–water partition coefficient (Wildman–Crippen LogP) is 3.81. The number of thioether (sulfide) groups is 1. The van der Waals surface area contributed by atoms with Crippen molar-refractivity contribution in [3.8, 4) is 11.5 Å². The molecule has 30 heavy (non-hydrogen) atoms. The molecule has 1 amide bonds. The Morgan fingerprint density at radius 3 is 2.83 bits per heavy atom. The van der Waals surface area contributed by atoms with E-state index in [1.165, 1.54) is 5.56 Å². The van der Waals surface area contributed by atoms with Crippen LogP contribution in [0, 0.1) is 0 Å². The lowest BCUT2D eigenvalue weighted by molar-refractivity contribution is 0.0727. The molecule has 0 unspecified atom stereocenters. The van der Waals surface area contributed by atoms with E-state index in [4.69, 9.17) is 9.47 Å². The summed E-state index contributed by atoms with van der Waals surface area (Å²) >= 11 is 1.65. The van der Waals surface area contributed by atoms with Crippen molar-refractivity contribution in [1.82, 2.24) is 19.7 Å². The molecule has 0 N–H and O–H groups in total. The number of carbonyl (C=O) groups excluding carboxylic acids is 1. The van der Waals surface area contributed by atoms with Gasteiger partial charge in [0.15, 0.2) is 22.5 Å². The largest absolute Gasteiger partial charge is 0.454 e. The van der Waals surface area contributed by atoms with Crippen molar-refractivity contribution in [2.45, 2.75) is 29.8 Å². The highest BCUT2D eigenvalue weighted by atomic mass is 32.2. The van der Waals surface area contributed by atoms with Crippen molar-refractivity contribution in [2.24, 2.45) is 7.05 Å². The van der Waals surface area contributed by atoms with Crippen LogP contribution < -0.4 is 9.47 Å². The van der Waals surface area contributed by atoms with Crippen LogP contribution in [0.4, 0.5) is 0 Å². The van der Waals surface area contributed by atoms with Crippen LogP contribution in [0.15, 0.2) is 53.7 Å². The normalized spacial score (nSPS) is 17.5. The summed E-state index contributed by atoms with van der Waals surface area (Å²) in [5.41, 5.74) is 1.85. The second-order valence-corrected chi connectivity index (χ2v) is 8.34. The number of hydrogen-bond acceptors (Lipinski definition) is 6. The summed E-state index contributed by atoms with van der Waals surface area (Å²) in [5, 5.41) is 9.70. The minimum Gasteiger partial charge on any atom is -0.454 e. The standard InChI is InChI=1S/C22H22N4O3S/c1-25-20(23-24-22(25)30-13-15-6-3-2-4-7-15)17-8-5-11-26(17)21(27)16-9-10-18-19(12-16)29-14-28-18/h2-4,6-7,9-10,12,17H,5,8,11,13-14H2,1H3/t17-/m1/s1. The van der Waals surface area contributed by atoms with Crippen molar-refractivity contribution in [3.05, 3.63) is 65.5 Å². The molecule has 2 aliphatic rings. The molecule has 3 heterocycles. The monoisotopic (exact) mass is 422 g/mol. The topological polar surface area (TPSA) is 69.5 Å². The molecule has 0 bridgehead atoms. The van der Waals surface area contributed by atoms with Crippen LogP contribution in [0.25, 0.3) is 0 Å². The van der Waals surface area contributed by atoms with E-state index in [2.05, 4.69) is 22.3 Å². The predicted molar refractivity (Wildman–Crippen MR) is 113 cm³/mol. The number of aromatic nitrogens is 3. The third kappa shape index (κ3) is 3.52. The number of ether oxygens (including phenoxy) is 2. The quantitative estimate of drug-likeness (QED) is 0.583. The molecule has 1 aromatic heterocycles. The summed E-state index contributed by atoms with van der Waals surface area (Å²) in [4.78, 5) is 15.1. The first-order valence-electron chi connectivity index (χ1n) is 9.97. The number of rotatable bonds is 5. The molecule has 3 aromatic rings. The van der Waals surface area contributed by atoms with E-state index >= 15 is 0 Å². The third-order valence-corrected chi connectivity index (χ3v) is 6.60. The van der Waals surface area contributed by atoms with Gasteiger partial charge in [-0.05, 0) is 36.6 Å². The number of carbonyl (C=O) groups is 1. The van der Waals surface area contributed by atoms with Gasteiger partial charge in [-0.15, -0.1) is 10.2 Å². The Morgan fingerprint density at radius 1 is 1.13 bits per heavy atom. The first-order chi connectivity index (χ1) is 14.7. The molecule has 1 saturated heterocycles. The van der Waals surface area contributed by atoms with E-state index in [-0.39, 0.29) is 18.7 Å². The second kappa shape index (κ2) is 8.02. The lowest BCUT2D eigenvalue weighted by Gasteiger charge is -2.24. The second-order valence-electron chi connectivity index (χ2n) is 7.40. The van der Waals surface area contributed by atoms with Crippen LogP contribution in [0.2, 0.25) is 0 Å². The molecule has 0 radical (unpaired) electrons. The molecular weight excluding hydrogens is 400 g/mol. The van der Waals surface area contributed by atoms with Crippen LogP contribution in [0.3, 0.4) is 0 Å². The van der Waals surface area contributed by atoms with Gasteiger partial charge in [0.25, 0.3) is 5.91 Å². The summed E-state index contributed by atoms with van der Waals surface area (Å²) in [7, 11) is 1.98. The maximum absolute atomic E-state index is 13.2. The zero-order chi connectivity index (χ0) is 20.5. The maximum atomic E-state index is 13.2. The van der Waals surface area contributed by atoms with Crippen molar-refractivity contribution < 1.29 is 14.3 Å². The van der Waals surface area contributed by atoms with Gasteiger partial charge >= 0.3 is 0 Å². The van der Waals surface area contributed by atoms with E-state index in [0.29, 0.717) is 23.6 Å². The molecule has 8 heteroatoms. The van der Waals surface area contributed by atoms with E-state index < -0.39 is 0 Å². The van der Waals surface area contributed by atoms with E-state index in [1.54, 1.807) is 30.0 Å². The third-order valence-electron chi connectivity index (χ3n) is 5.51. The highest BCUT2D eigenvalue weighted by molar-refractivity contribution is 7.98. The Balaban J connectivity index is 1.33. The minimum absolute atomic E-state index is 0.0164. The molecule has 5 rings (SSSR count). The fraction of sp³-hybridized carbons (Fsp3) is 0.318. The van der Waals surface area contributed by atoms with Gasteiger partial charge in [-0.1, -0.05) is 42.1 Å². The highest BCUT2D eigenvalue weighted by Crippen LogP contribution is 2.36. The smallest absolute Gasteiger partial charge is 0.254 e. The maximum Gasteiger partial charge on any atom is 0.254 e. The van der Waals surface area contributed by atoms with Crippen LogP contribution in [0.5, 0.6) is 11.5 Å². The Hall–Kier alpha value is -3.00. The van der Waals surface area contributed by atoms with Crippen molar-refractivity contribution in [2.75, 3.05) is 13.3 Å². The zero-order valence-electron chi connectivity index (χ0n) is 16.7. The Kier molecular flexibility index (Phi) is 5.08. The summed E-state index contributed by atoms with van der Waals surface area (Å²) in [6.07, 6.45) is 1.83. The van der Waals surface area contributed by atoms with E-state index in [1.807, 2.05) is 34.7 Å². The van der Waals surface area contributed by atoms with Crippen molar-refractivity contribution in [3.63, 3.8) is 0 Å². The SMILES string of the molecule is Cn1c(SCc2ccccc2)nnc1[C@H]1CCCN1C(=O)c1ccc2c(c1)OCO2. The number of amides is 1. The fourth-order valence-electron chi connectivity index (χ4n) is 3.94. The van der Waals surface area contributed by atoms with Crippen LogP contribution >= 0.6 is 11.8 Å². The zero-order valence-corrected chi connectivity index (χ0v) is 17.5. The number of benzene rings is 2. The minimum atomic E-state index is -0.0773. The lowest BCUT2D eigenvalue weighted by Crippen LogP contribution is -2.31. The first kappa shape index (κ1) is 19.0. The van der Waals surface area contributed by atoms with E-state index in [9.17, 15) is 4.79 Å². The molecule has 0 saturated carbocycles. The number of fused-ring (bicyclic) bond motifs is 1. The highest BCUT2D eigenvalue weighted by Gasteiger charge is 2.34. The van der Waals surface area contributed by atoms with Crippen LogP contribution in [0.1, 0.15) is 40.6 Å². The first-order valence-corrected chi connectivity index (χ1v) is 11.0.